The number of nitrogens with two attached hydrogens (primary N) is 2. The molecular weight excluding hydrogens is 182 g/mol. The van der Waals surface area contributed by atoms with E-state index in [4.69, 9.17) is 11.5 Å². The normalized spacial score (nSPS) is 9.93. The maximum absolute atomic E-state index is 11.5. The molecule has 0 spiro atoms. The van der Waals surface area contributed by atoms with E-state index >= 15 is 0 Å². The van der Waals surface area contributed by atoms with E-state index in [1.807, 2.05) is 6.92 Å². The lowest BCUT2D eigenvalue weighted by Gasteiger charge is -1.97. The van der Waals surface area contributed by atoms with Crippen LogP contribution in [0.3, 0.4) is 0 Å². The first kappa shape index (κ1) is 10.2. The van der Waals surface area contributed by atoms with Gasteiger partial charge < -0.3 is 11.5 Å². The van der Waals surface area contributed by atoms with Crippen molar-refractivity contribution in [2.45, 2.75) is 13.8 Å². The van der Waals surface area contributed by atoms with Crippen molar-refractivity contribution in [1.82, 2.24) is 9.78 Å². The van der Waals surface area contributed by atoms with Gasteiger partial charge in [0.15, 0.2) is 5.96 Å². The largest absolute Gasteiger partial charge is 0.370 e. The first-order valence-corrected chi connectivity index (χ1v) is 4.07. The zero-order chi connectivity index (χ0) is 10.9. The topological polar surface area (TPSA) is 99.3 Å². The van der Waals surface area contributed by atoms with E-state index in [-0.39, 0.29) is 5.96 Å². The van der Waals surface area contributed by atoms with Crippen LogP contribution in [-0.4, -0.2) is 21.6 Å². The third-order valence-electron chi connectivity index (χ3n) is 1.95. The molecule has 0 fully saturated rings. The molecule has 6 heteroatoms. The lowest BCUT2D eigenvalue weighted by Crippen LogP contribution is -2.24. The minimum atomic E-state index is -0.467. The number of aliphatic imine (C=N–C) groups is 1. The summed E-state index contributed by atoms with van der Waals surface area (Å²) in [7, 11) is 1.68. The predicted molar refractivity (Wildman–Crippen MR) is 52.8 cm³/mol. The Balaban J connectivity index is 3.19. The van der Waals surface area contributed by atoms with E-state index in [1.165, 1.54) is 4.68 Å². The van der Waals surface area contributed by atoms with Gasteiger partial charge in [-0.25, -0.2) is 0 Å². The van der Waals surface area contributed by atoms with Crippen molar-refractivity contribution >= 4 is 11.9 Å². The van der Waals surface area contributed by atoms with Gasteiger partial charge in [0.25, 0.3) is 5.91 Å². The Morgan fingerprint density at radius 2 is 2.00 bits per heavy atom. The molecule has 1 heterocycles. The highest BCUT2D eigenvalue weighted by Crippen LogP contribution is 2.11. The summed E-state index contributed by atoms with van der Waals surface area (Å²) in [6.45, 7) is 3.62. The van der Waals surface area contributed by atoms with Crippen LogP contribution in [0.15, 0.2) is 4.99 Å². The molecule has 0 saturated carbocycles. The smallest absolute Gasteiger partial charge is 0.298 e. The van der Waals surface area contributed by atoms with Gasteiger partial charge in [0.2, 0.25) is 0 Å². The van der Waals surface area contributed by atoms with Crippen molar-refractivity contribution in [3.8, 4) is 0 Å². The number of amides is 1. The summed E-state index contributed by atoms with van der Waals surface area (Å²) in [5.41, 5.74) is 12.2. The number of aromatic nitrogens is 2. The second kappa shape index (κ2) is 3.49. The molecule has 0 aromatic carbocycles. The summed E-state index contributed by atoms with van der Waals surface area (Å²) in [6, 6.07) is 0. The van der Waals surface area contributed by atoms with Crippen LogP contribution in [0.1, 0.15) is 21.7 Å². The predicted octanol–water partition coefficient (Wildman–Crippen LogP) is -0.549. The number of nitrogens with zero attached hydrogens (tertiary/aromatic N) is 3. The molecule has 1 amide bonds. The van der Waals surface area contributed by atoms with Gasteiger partial charge in [-0.1, -0.05) is 0 Å². The van der Waals surface area contributed by atoms with E-state index in [0.29, 0.717) is 5.69 Å². The molecule has 0 bridgehead atoms. The molecule has 0 aliphatic rings. The third-order valence-corrected chi connectivity index (χ3v) is 1.95. The molecule has 0 saturated heterocycles. The van der Waals surface area contributed by atoms with E-state index in [1.54, 1.807) is 14.0 Å². The number of aryl methyl sites for hydroxylation is 2. The van der Waals surface area contributed by atoms with Crippen LogP contribution in [0.25, 0.3) is 0 Å². The van der Waals surface area contributed by atoms with Gasteiger partial charge in [-0.15, -0.1) is 0 Å². The van der Waals surface area contributed by atoms with Crippen molar-refractivity contribution in [2.24, 2.45) is 23.5 Å². The summed E-state index contributed by atoms with van der Waals surface area (Å²) < 4.78 is 1.47. The molecule has 1 aromatic rings. The van der Waals surface area contributed by atoms with Gasteiger partial charge in [0.1, 0.15) is 5.69 Å². The molecule has 6 nitrogen and oxygen atoms in total. The second-order valence-electron chi connectivity index (χ2n) is 3.02. The lowest BCUT2D eigenvalue weighted by molar-refractivity contribution is 0.0993. The van der Waals surface area contributed by atoms with E-state index < -0.39 is 5.91 Å². The fourth-order valence-corrected chi connectivity index (χ4v) is 1.23. The van der Waals surface area contributed by atoms with Gasteiger partial charge >= 0.3 is 0 Å². The highest BCUT2D eigenvalue weighted by atomic mass is 16.1. The van der Waals surface area contributed by atoms with Gasteiger partial charge in [-0.05, 0) is 13.8 Å². The number of rotatable bonds is 1. The van der Waals surface area contributed by atoms with E-state index in [2.05, 4.69) is 10.1 Å². The summed E-state index contributed by atoms with van der Waals surface area (Å²) in [5.74, 6) is -0.709. The first-order valence-electron chi connectivity index (χ1n) is 4.07. The Hall–Kier alpha value is -1.85. The molecule has 4 N–H and O–H groups in total. The molecule has 1 rings (SSSR count). The Morgan fingerprint density at radius 1 is 1.43 bits per heavy atom. The Kier molecular flexibility index (Phi) is 2.55. The van der Waals surface area contributed by atoms with Crippen molar-refractivity contribution in [3.05, 3.63) is 17.0 Å². The van der Waals surface area contributed by atoms with Crippen LogP contribution in [0, 0.1) is 13.8 Å². The monoisotopic (exact) mass is 195 g/mol. The minimum absolute atomic E-state index is 0.242. The molecule has 0 aliphatic carbocycles. The van der Waals surface area contributed by atoms with Crippen molar-refractivity contribution in [3.63, 3.8) is 0 Å². The number of carbonyl (C=O) groups is 1. The maximum Gasteiger partial charge on any atom is 0.298 e. The van der Waals surface area contributed by atoms with Gasteiger partial charge in [-0.2, -0.15) is 10.1 Å². The quantitative estimate of drug-likeness (QED) is 0.464. The van der Waals surface area contributed by atoms with Crippen LogP contribution < -0.4 is 11.5 Å². The Bertz CT molecular complexity index is 400. The van der Waals surface area contributed by atoms with Crippen LogP contribution in [0.2, 0.25) is 0 Å². The number of hydrogen-bond donors (Lipinski definition) is 2. The summed E-state index contributed by atoms with van der Waals surface area (Å²) >= 11 is 0. The van der Waals surface area contributed by atoms with Crippen LogP contribution in [0.5, 0.6) is 0 Å². The average molecular weight is 195 g/mol. The lowest BCUT2D eigenvalue weighted by atomic mass is 10.2. The van der Waals surface area contributed by atoms with Crippen molar-refractivity contribution in [1.29, 1.82) is 0 Å². The molecular formula is C8H13N5O. The average Bonchev–Trinajstić information content (AvgIpc) is 2.25. The fraction of sp³-hybridized carbons (Fsp3) is 0.375. The highest BCUT2D eigenvalue weighted by Gasteiger charge is 2.16. The third kappa shape index (κ3) is 1.73. The SMILES string of the molecule is Cc1nn(C)c(C(=O)N=C(N)N)c1C. The number of hydrogen-bond acceptors (Lipinski definition) is 2. The Labute approximate surface area is 81.6 Å². The molecule has 0 radical (unpaired) electrons. The van der Waals surface area contributed by atoms with E-state index in [9.17, 15) is 4.79 Å². The van der Waals surface area contributed by atoms with Crippen molar-refractivity contribution < 1.29 is 4.79 Å². The first-order chi connectivity index (χ1) is 6.43. The van der Waals surface area contributed by atoms with Crippen molar-refractivity contribution in [2.75, 3.05) is 0 Å². The summed E-state index contributed by atoms with van der Waals surface area (Å²) in [6.07, 6.45) is 0. The van der Waals surface area contributed by atoms with Gasteiger partial charge in [0.05, 0.1) is 5.69 Å². The van der Waals surface area contributed by atoms with Crippen LogP contribution >= 0.6 is 0 Å². The standard InChI is InChI=1S/C8H13N5O/c1-4-5(2)12-13(3)6(4)7(14)11-8(9)10/h1-3H3,(H4,9,10,11,14). The molecule has 0 aliphatic heterocycles. The van der Waals surface area contributed by atoms with Crippen LogP contribution in [-0.2, 0) is 7.05 Å². The van der Waals surface area contributed by atoms with Gasteiger partial charge in [-0.3, -0.25) is 9.48 Å². The molecule has 0 unspecified atom stereocenters. The Morgan fingerprint density at radius 3 is 2.36 bits per heavy atom. The number of guanidine groups is 1. The molecule has 14 heavy (non-hydrogen) atoms. The van der Waals surface area contributed by atoms with Gasteiger partial charge in [0, 0.05) is 12.6 Å². The summed E-state index contributed by atoms with van der Waals surface area (Å²) in [5, 5.41) is 4.08. The summed E-state index contributed by atoms with van der Waals surface area (Å²) in [4.78, 5) is 15.0. The molecule has 1 aromatic heterocycles. The number of carbonyl (C=O) groups excluding carboxylic acids is 1. The molecule has 76 valence electrons. The zero-order valence-electron chi connectivity index (χ0n) is 8.40. The fourth-order valence-electron chi connectivity index (χ4n) is 1.23. The second-order valence-corrected chi connectivity index (χ2v) is 3.02. The maximum atomic E-state index is 11.5. The highest BCUT2D eigenvalue weighted by molar-refractivity contribution is 6.01. The molecule has 0 atom stereocenters. The minimum Gasteiger partial charge on any atom is -0.370 e. The zero-order valence-corrected chi connectivity index (χ0v) is 8.40. The van der Waals surface area contributed by atoms with E-state index in [0.717, 1.165) is 11.3 Å². The van der Waals surface area contributed by atoms with Crippen LogP contribution in [0.4, 0.5) is 0 Å².